The van der Waals surface area contributed by atoms with Crippen molar-refractivity contribution in [1.29, 1.82) is 0 Å². The third-order valence-electron chi connectivity index (χ3n) is 2.88. The number of carbonyl (C=O) groups is 1. The van der Waals surface area contributed by atoms with Gasteiger partial charge in [-0.05, 0) is 31.9 Å². The van der Waals surface area contributed by atoms with Crippen LogP contribution in [0.4, 0.5) is 0 Å². The second-order valence-electron chi connectivity index (χ2n) is 4.63. The molecule has 0 aliphatic carbocycles. The van der Waals surface area contributed by atoms with Gasteiger partial charge in [0.1, 0.15) is 4.88 Å². The Morgan fingerprint density at radius 2 is 2.20 bits per heavy atom. The molecular formula is C14H15Cl2NO2S. The predicted octanol–water partition coefficient (Wildman–Crippen LogP) is 4.10. The number of aliphatic hydroxyl groups is 1. The second-order valence-corrected chi connectivity index (χ2v) is 6.50. The van der Waals surface area contributed by atoms with Gasteiger partial charge in [0.05, 0.1) is 11.1 Å². The van der Waals surface area contributed by atoms with Crippen molar-refractivity contribution in [1.82, 2.24) is 5.32 Å². The molecule has 1 unspecified atom stereocenters. The average molecular weight is 332 g/mol. The van der Waals surface area contributed by atoms with Crippen LogP contribution in [0.25, 0.3) is 10.1 Å². The first-order valence-electron chi connectivity index (χ1n) is 6.33. The third kappa shape index (κ3) is 3.64. The van der Waals surface area contributed by atoms with Gasteiger partial charge in [-0.3, -0.25) is 4.79 Å². The van der Waals surface area contributed by atoms with Crippen molar-refractivity contribution in [3.8, 4) is 0 Å². The maximum absolute atomic E-state index is 12.1. The highest BCUT2D eigenvalue weighted by molar-refractivity contribution is 7.21. The Morgan fingerprint density at radius 1 is 1.45 bits per heavy atom. The Kier molecular flexibility index (Phi) is 5.27. The van der Waals surface area contributed by atoms with Crippen molar-refractivity contribution in [2.45, 2.75) is 25.9 Å². The van der Waals surface area contributed by atoms with Crippen LogP contribution >= 0.6 is 34.5 Å². The Labute approximate surface area is 131 Å². The van der Waals surface area contributed by atoms with Crippen LogP contribution in [-0.2, 0) is 0 Å². The summed E-state index contributed by atoms with van der Waals surface area (Å²) in [6, 6.07) is 5.38. The van der Waals surface area contributed by atoms with E-state index < -0.39 is 0 Å². The van der Waals surface area contributed by atoms with Crippen LogP contribution in [0.3, 0.4) is 0 Å². The molecule has 108 valence electrons. The van der Waals surface area contributed by atoms with Gasteiger partial charge in [0.25, 0.3) is 5.91 Å². The number of carbonyl (C=O) groups excluding carboxylic acids is 1. The maximum Gasteiger partial charge on any atom is 0.262 e. The van der Waals surface area contributed by atoms with E-state index in [0.29, 0.717) is 27.9 Å². The van der Waals surface area contributed by atoms with E-state index in [1.54, 1.807) is 19.1 Å². The van der Waals surface area contributed by atoms with Crippen LogP contribution in [0.1, 0.15) is 29.4 Å². The summed E-state index contributed by atoms with van der Waals surface area (Å²) in [7, 11) is 0. The molecule has 6 heteroatoms. The summed E-state index contributed by atoms with van der Waals surface area (Å²) in [5, 5.41) is 13.9. The molecule has 0 radical (unpaired) electrons. The molecule has 1 aromatic carbocycles. The van der Waals surface area contributed by atoms with Crippen molar-refractivity contribution >= 4 is 50.5 Å². The number of thiophene rings is 1. The first-order chi connectivity index (χ1) is 9.49. The zero-order valence-corrected chi connectivity index (χ0v) is 13.3. The zero-order valence-electron chi connectivity index (χ0n) is 11.0. The van der Waals surface area contributed by atoms with Gasteiger partial charge >= 0.3 is 0 Å². The molecule has 3 nitrogen and oxygen atoms in total. The Balaban J connectivity index is 2.08. The summed E-state index contributed by atoms with van der Waals surface area (Å²) < 4.78 is 0.900. The second kappa shape index (κ2) is 6.76. The van der Waals surface area contributed by atoms with Crippen molar-refractivity contribution < 1.29 is 9.90 Å². The van der Waals surface area contributed by atoms with Crippen LogP contribution in [0, 0.1) is 0 Å². The molecule has 0 fully saturated rings. The smallest absolute Gasteiger partial charge is 0.262 e. The number of nitrogens with one attached hydrogen (secondary N) is 1. The highest BCUT2D eigenvalue weighted by Crippen LogP contribution is 2.36. The molecule has 0 aliphatic rings. The molecule has 20 heavy (non-hydrogen) atoms. The summed E-state index contributed by atoms with van der Waals surface area (Å²) in [5.74, 6) is -0.182. The summed E-state index contributed by atoms with van der Waals surface area (Å²) in [6.45, 7) is 2.25. The fourth-order valence-corrected chi connectivity index (χ4v) is 3.57. The molecule has 0 saturated heterocycles. The molecule has 0 bridgehead atoms. The van der Waals surface area contributed by atoms with Crippen molar-refractivity contribution in [3.63, 3.8) is 0 Å². The minimum absolute atomic E-state index is 0.182. The molecule has 2 aromatic rings. The lowest BCUT2D eigenvalue weighted by atomic mass is 10.2. The van der Waals surface area contributed by atoms with Crippen LogP contribution in [-0.4, -0.2) is 23.7 Å². The van der Waals surface area contributed by atoms with Gasteiger partial charge in [-0.25, -0.2) is 0 Å². The van der Waals surface area contributed by atoms with Crippen LogP contribution in [0.5, 0.6) is 0 Å². The van der Waals surface area contributed by atoms with Gasteiger partial charge in [0.2, 0.25) is 0 Å². The summed E-state index contributed by atoms with van der Waals surface area (Å²) in [4.78, 5) is 12.6. The third-order valence-corrected chi connectivity index (χ3v) is 4.77. The fourth-order valence-electron chi connectivity index (χ4n) is 1.86. The van der Waals surface area contributed by atoms with Crippen molar-refractivity contribution in [3.05, 3.63) is 33.1 Å². The van der Waals surface area contributed by atoms with E-state index in [1.807, 2.05) is 6.07 Å². The van der Waals surface area contributed by atoms with E-state index in [4.69, 9.17) is 28.3 Å². The summed E-state index contributed by atoms with van der Waals surface area (Å²) in [5.41, 5.74) is 0. The van der Waals surface area contributed by atoms with E-state index in [2.05, 4.69) is 5.32 Å². The van der Waals surface area contributed by atoms with Gasteiger partial charge in [0, 0.05) is 21.7 Å². The molecule has 0 spiro atoms. The summed E-state index contributed by atoms with van der Waals surface area (Å²) >= 11 is 13.5. The molecule has 0 saturated carbocycles. The predicted molar refractivity (Wildman–Crippen MR) is 85.1 cm³/mol. The van der Waals surface area contributed by atoms with Crippen molar-refractivity contribution in [2.75, 3.05) is 6.54 Å². The highest BCUT2D eigenvalue weighted by Gasteiger charge is 2.16. The lowest BCUT2D eigenvalue weighted by Gasteiger charge is -2.05. The number of benzene rings is 1. The van der Waals surface area contributed by atoms with Crippen molar-refractivity contribution in [2.24, 2.45) is 0 Å². The Morgan fingerprint density at radius 3 is 2.90 bits per heavy atom. The number of aliphatic hydroxyl groups excluding tert-OH is 1. The first kappa shape index (κ1) is 15.6. The van der Waals surface area contributed by atoms with Gasteiger partial charge < -0.3 is 10.4 Å². The minimum Gasteiger partial charge on any atom is -0.393 e. The number of halogens is 2. The van der Waals surface area contributed by atoms with Gasteiger partial charge in [-0.15, -0.1) is 11.3 Å². The van der Waals surface area contributed by atoms with E-state index in [0.717, 1.165) is 16.5 Å². The van der Waals surface area contributed by atoms with E-state index in [9.17, 15) is 4.79 Å². The molecule has 1 heterocycles. The molecule has 1 amide bonds. The Hall–Kier alpha value is -0.810. The van der Waals surface area contributed by atoms with E-state index in [1.165, 1.54) is 11.3 Å². The molecule has 1 atom stereocenters. The molecule has 2 rings (SSSR count). The zero-order chi connectivity index (χ0) is 14.7. The van der Waals surface area contributed by atoms with Crippen LogP contribution in [0.15, 0.2) is 18.2 Å². The molecule has 2 N–H and O–H groups in total. The Bertz CT molecular complexity index is 625. The van der Waals surface area contributed by atoms with Crippen LogP contribution in [0.2, 0.25) is 10.0 Å². The molecular weight excluding hydrogens is 317 g/mol. The lowest BCUT2D eigenvalue weighted by Crippen LogP contribution is -2.24. The van der Waals surface area contributed by atoms with Gasteiger partial charge in [-0.1, -0.05) is 29.3 Å². The van der Waals surface area contributed by atoms with E-state index in [-0.39, 0.29) is 12.0 Å². The lowest BCUT2D eigenvalue weighted by molar-refractivity contribution is 0.0954. The highest BCUT2D eigenvalue weighted by atomic mass is 35.5. The SMILES string of the molecule is CC(O)CCCNC(=O)c1sc2cc(Cl)ccc2c1Cl. The average Bonchev–Trinajstić information content (AvgIpc) is 2.71. The van der Waals surface area contributed by atoms with Gasteiger partial charge in [-0.2, -0.15) is 0 Å². The first-order valence-corrected chi connectivity index (χ1v) is 7.90. The number of fused-ring (bicyclic) bond motifs is 1. The monoisotopic (exact) mass is 331 g/mol. The quantitative estimate of drug-likeness (QED) is 0.810. The van der Waals surface area contributed by atoms with E-state index >= 15 is 0 Å². The molecule has 0 aliphatic heterocycles. The molecule has 1 aromatic heterocycles. The fraction of sp³-hybridized carbons (Fsp3) is 0.357. The largest absolute Gasteiger partial charge is 0.393 e. The minimum atomic E-state index is -0.345. The summed E-state index contributed by atoms with van der Waals surface area (Å²) in [6.07, 6.45) is 1.05. The number of rotatable bonds is 5. The number of hydrogen-bond acceptors (Lipinski definition) is 3. The topological polar surface area (TPSA) is 49.3 Å². The normalized spacial score (nSPS) is 12.6. The van der Waals surface area contributed by atoms with Gasteiger partial charge in [0.15, 0.2) is 0 Å². The number of hydrogen-bond donors (Lipinski definition) is 2. The maximum atomic E-state index is 12.1. The standard InChI is InChI=1S/C14H15Cl2NO2S/c1-8(18)3-2-6-17-14(19)13-12(16)10-5-4-9(15)7-11(10)20-13/h4-5,7-8,18H,2-3,6H2,1H3,(H,17,19). The van der Waals surface area contributed by atoms with Crippen LogP contribution < -0.4 is 5.32 Å². The number of amides is 1.